The summed E-state index contributed by atoms with van der Waals surface area (Å²) < 4.78 is 2.32. The van der Waals surface area contributed by atoms with Gasteiger partial charge in [0.1, 0.15) is 5.52 Å². The van der Waals surface area contributed by atoms with Crippen LogP contribution in [0.5, 0.6) is 0 Å². The highest BCUT2D eigenvalue weighted by atomic mass is 127. The van der Waals surface area contributed by atoms with Crippen LogP contribution in [0.15, 0.2) is 12.1 Å². The van der Waals surface area contributed by atoms with Crippen LogP contribution in [0.25, 0.3) is 11.0 Å². The van der Waals surface area contributed by atoms with Gasteiger partial charge in [-0.3, -0.25) is 0 Å². The van der Waals surface area contributed by atoms with Crippen molar-refractivity contribution in [2.24, 2.45) is 0 Å². The van der Waals surface area contributed by atoms with Gasteiger partial charge in [-0.05, 0) is 57.3 Å². The van der Waals surface area contributed by atoms with Gasteiger partial charge in [-0.25, -0.2) is 4.98 Å². The monoisotopic (exact) mass is 385 g/mol. The first-order valence-corrected chi connectivity index (χ1v) is 5.43. The number of aromatic amines is 1. The van der Waals surface area contributed by atoms with Crippen LogP contribution in [0.3, 0.4) is 0 Å². The number of aromatic nitrogens is 2. The molecule has 1 aromatic heterocycles. The van der Waals surface area contributed by atoms with Crippen molar-refractivity contribution in [3.05, 3.63) is 19.3 Å². The Hall–Kier alpha value is -0.0500. The predicted molar refractivity (Wildman–Crippen MR) is 65.9 cm³/mol. The van der Waals surface area contributed by atoms with Gasteiger partial charge in [0.2, 0.25) is 0 Å². The van der Waals surface area contributed by atoms with E-state index in [2.05, 4.69) is 61.2 Å². The number of anilines is 1. The maximum atomic E-state index is 5.54. The highest BCUT2D eigenvalue weighted by Gasteiger charge is 2.04. The molecule has 0 radical (unpaired) electrons. The highest BCUT2D eigenvalue weighted by molar-refractivity contribution is 14.1. The minimum absolute atomic E-state index is 0.477. The second-order valence-electron chi connectivity index (χ2n) is 2.41. The van der Waals surface area contributed by atoms with E-state index in [0.29, 0.717) is 5.95 Å². The first kappa shape index (κ1) is 8.54. The Labute approximate surface area is 96.4 Å². The lowest BCUT2D eigenvalue weighted by Gasteiger charge is -1.93. The molecule has 62 valence electrons. The number of nitrogens with two attached hydrogens (primary N) is 1. The Morgan fingerprint density at radius 1 is 1.33 bits per heavy atom. The summed E-state index contributed by atoms with van der Waals surface area (Å²) >= 11 is 4.52. The normalized spacial score (nSPS) is 10.8. The molecule has 3 nitrogen and oxygen atoms in total. The fourth-order valence-electron chi connectivity index (χ4n) is 1.06. The SMILES string of the molecule is Nc1nc2c(I)cc(I)cc2[nH]1. The molecule has 2 aromatic rings. The van der Waals surface area contributed by atoms with Crippen LogP contribution >= 0.6 is 45.2 Å². The number of hydrogen-bond donors (Lipinski definition) is 2. The van der Waals surface area contributed by atoms with Gasteiger partial charge in [0, 0.05) is 7.14 Å². The molecule has 12 heavy (non-hydrogen) atoms. The Morgan fingerprint density at radius 3 is 2.83 bits per heavy atom. The number of halogens is 2. The van der Waals surface area contributed by atoms with Gasteiger partial charge in [0.25, 0.3) is 0 Å². The molecule has 0 unspecified atom stereocenters. The van der Waals surface area contributed by atoms with Gasteiger partial charge >= 0.3 is 0 Å². The molecular weight excluding hydrogens is 380 g/mol. The summed E-state index contributed by atoms with van der Waals surface area (Å²) in [6.07, 6.45) is 0. The summed E-state index contributed by atoms with van der Waals surface area (Å²) in [7, 11) is 0. The molecule has 0 saturated carbocycles. The van der Waals surface area contributed by atoms with E-state index < -0.39 is 0 Å². The molecule has 3 N–H and O–H groups in total. The second kappa shape index (κ2) is 3.02. The Bertz CT molecular complexity index is 435. The summed E-state index contributed by atoms with van der Waals surface area (Å²) in [6, 6.07) is 4.10. The molecule has 0 aliphatic heterocycles. The average Bonchev–Trinajstić information content (AvgIpc) is 2.29. The van der Waals surface area contributed by atoms with Crippen molar-refractivity contribution in [3.8, 4) is 0 Å². The zero-order chi connectivity index (χ0) is 8.72. The van der Waals surface area contributed by atoms with Gasteiger partial charge in [0.05, 0.1) is 5.52 Å². The van der Waals surface area contributed by atoms with Crippen LogP contribution in [-0.4, -0.2) is 9.97 Å². The van der Waals surface area contributed by atoms with Crippen molar-refractivity contribution >= 4 is 62.2 Å². The number of rotatable bonds is 0. The molecule has 5 heteroatoms. The van der Waals surface area contributed by atoms with Crippen LogP contribution in [-0.2, 0) is 0 Å². The minimum atomic E-state index is 0.477. The number of hydrogen-bond acceptors (Lipinski definition) is 2. The van der Waals surface area contributed by atoms with E-state index in [9.17, 15) is 0 Å². The molecule has 0 aliphatic carbocycles. The quantitative estimate of drug-likeness (QED) is 0.685. The molecule has 2 rings (SSSR count). The summed E-state index contributed by atoms with van der Waals surface area (Å²) in [6.45, 7) is 0. The van der Waals surface area contributed by atoms with Crippen molar-refractivity contribution in [1.29, 1.82) is 0 Å². The van der Waals surface area contributed by atoms with Crippen molar-refractivity contribution in [2.75, 3.05) is 5.73 Å². The van der Waals surface area contributed by atoms with E-state index in [4.69, 9.17) is 5.73 Å². The summed E-state index contributed by atoms with van der Waals surface area (Å²) in [4.78, 5) is 7.16. The molecule has 1 heterocycles. The van der Waals surface area contributed by atoms with E-state index in [1.54, 1.807) is 0 Å². The standard InChI is InChI=1S/C7H5I2N3/c8-3-1-4(9)6-5(2-3)11-7(10)12-6/h1-2H,(H3,10,11,12). The number of nitrogen functional groups attached to an aromatic ring is 1. The first-order chi connectivity index (χ1) is 5.66. The van der Waals surface area contributed by atoms with Gasteiger partial charge in [-0.2, -0.15) is 0 Å². The van der Waals surface area contributed by atoms with Crippen molar-refractivity contribution < 1.29 is 0 Å². The second-order valence-corrected chi connectivity index (χ2v) is 4.81. The molecule has 0 atom stereocenters. The number of benzene rings is 1. The van der Waals surface area contributed by atoms with E-state index in [-0.39, 0.29) is 0 Å². The lowest BCUT2D eigenvalue weighted by molar-refractivity contribution is 1.35. The highest BCUT2D eigenvalue weighted by Crippen LogP contribution is 2.22. The first-order valence-electron chi connectivity index (χ1n) is 3.27. The lowest BCUT2D eigenvalue weighted by Crippen LogP contribution is -1.84. The van der Waals surface area contributed by atoms with Gasteiger partial charge in [0.15, 0.2) is 5.95 Å². The van der Waals surface area contributed by atoms with Gasteiger partial charge in [-0.15, -0.1) is 0 Å². The Morgan fingerprint density at radius 2 is 2.08 bits per heavy atom. The number of H-pyrrole nitrogens is 1. The summed E-state index contributed by atoms with van der Waals surface area (Å²) in [5.41, 5.74) is 7.49. The van der Waals surface area contributed by atoms with Crippen molar-refractivity contribution in [1.82, 2.24) is 9.97 Å². The van der Waals surface area contributed by atoms with Crippen LogP contribution in [0.4, 0.5) is 5.95 Å². The van der Waals surface area contributed by atoms with Crippen LogP contribution in [0, 0.1) is 7.14 Å². The predicted octanol–water partition coefficient (Wildman–Crippen LogP) is 2.35. The van der Waals surface area contributed by atoms with Crippen molar-refractivity contribution in [3.63, 3.8) is 0 Å². The fourth-order valence-corrected chi connectivity index (χ4v) is 3.03. The molecule has 0 spiro atoms. The van der Waals surface area contributed by atoms with E-state index in [1.165, 1.54) is 3.57 Å². The van der Waals surface area contributed by atoms with Gasteiger partial charge in [-0.1, -0.05) is 0 Å². The molecule has 0 bridgehead atoms. The smallest absolute Gasteiger partial charge is 0.198 e. The molecule has 1 aromatic carbocycles. The average molecular weight is 385 g/mol. The van der Waals surface area contributed by atoms with E-state index in [1.807, 2.05) is 6.07 Å². The number of fused-ring (bicyclic) bond motifs is 1. The molecule has 0 fully saturated rings. The van der Waals surface area contributed by atoms with Crippen LogP contribution in [0.2, 0.25) is 0 Å². The van der Waals surface area contributed by atoms with Crippen LogP contribution < -0.4 is 5.73 Å². The van der Waals surface area contributed by atoms with E-state index in [0.717, 1.165) is 14.6 Å². The number of imidazole rings is 1. The Balaban J connectivity index is 2.88. The lowest BCUT2D eigenvalue weighted by atomic mass is 10.3. The molecule has 0 aliphatic rings. The van der Waals surface area contributed by atoms with Crippen LogP contribution in [0.1, 0.15) is 0 Å². The maximum absolute atomic E-state index is 5.54. The third-order valence-corrected chi connectivity index (χ3v) is 2.97. The summed E-state index contributed by atoms with van der Waals surface area (Å²) in [5, 5.41) is 0. The zero-order valence-electron chi connectivity index (χ0n) is 5.94. The molecule has 0 saturated heterocycles. The topological polar surface area (TPSA) is 54.7 Å². The molecular formula is C7H5I2N3. The zero-order valence-corrected chi connectivity index (χ0v) is 10.3. The van der Waals surface area contributed by atoms with E-state index >= 15 is 0 Å². The maximum Gasteiger partial charge on any atom is 0.198 e. The largest absolute Gasteiger partial charge is 0.369 e. The van der Waals surface area contributed by atoms with Gasteiger partial charge < -0.3 is 10.7 Å². The van der Waals surface area contributed by atoms with Crippen molar-refractivity contribution in [2.45, 2.75) is 0 Å². The third-order valence-electron chi connectivity index (χ3n) is 1.52. The molecule has 0 amide bonds. The number of nitrogens with one attached hydrogen (secondary N) is 1. The third kappa shape index (κ3) is 1.39. The number of nitrogens with zero attached hydrogens (tertiary/aromatic N) is 1. The Kier molecular flexibility index (Phi) is 2.15. The summed E-state index contributed by atoms with van der Waals surface area (Å²) in [5.74, 6) is 0.477. The fraction of sp³-hybridized carbons (Fsp3) is 0. The minimum Gasteiger partial charge on any atom is -0.369 e.